The highest BCUT2D eigenvalue weighted by atomic mass is 19.1. The molecule has 2 saturated heterocycles. The second kappa shape index (κ2) is 5.97. The molecule has 2 aliphatic rings. The summed E-state index contributed by atoms with van der Waals surface area (Å²) in [6.45, 7) is 3.58. The summed E-state index contributed by atoms with van der Waals surface area (Å²) in [5, 5.41) is 10.2. The van der Waals surface area contributed by atoms with Crippen molar-refractivity contribution in [1.29, 1.82) is 0 Å². The van der Waals surface area contributed by atoms with Gasteiger partial charge in [0.25, 0.3) is 5.91 Å². The average molecular weight is 306 g/mol. The summed E-state index contributed by atoms with van der Waals surface area (Å²) in [5.74, 6) is -0.747. The van der Waals surface area contributed by atoms with E-state index >= 15 is 0 Å². The first-order chi connectivity index (χ1) is 10.5. The molecule has 0 bridgehead atoms. The number of halogens is 1. The van der Waals surface area contributed by atoms with Gasteiger partial charge in [-0.2, -0.15) is 0 Å². The molecule has 2 heterocycles. The lowest BCUT2D eigenvalue weighted by molar-refractivity contribution is -0.142. The van der Waals surface area contributed by atoms with E-state index in [2.05, 4.69) is 11.9 Å². The Morgan fingerprint density at radius 1 is 1.27 bits per heavy atom. The van der Waals surface area contributed by atoms with Crippen molar-refractivity contribution in [3.63, 3.8) is 0 Å². The molecule has 2 aliphatic heterocycles. The van der Waals surface area contributed by atoms with Gasteiger partial charge >= 0.3 is 0 Å². The first-order valence-electron chi connectivity index (χ1n) is 7.90. The Bertz CT molecular complexity index is 555. The van der Waals surface area contributed by atoms with Crippen LogP contribution in [0.4, 0.5) is 4.39 Å². The minimum absolute atomic E-state index is 0.313. The number of carbonyl (C=O) groups excluding carboxylic acids is 1. The number of nitrogens with zero attached hydrogens (tertiary/aromatic N) is 2. The van der Waals surface area contributed by atoms with E-state index < -0.39 is 11.9 Å². The molecular weight excluding hydrogens is 283 g/mol. The zero-order valence-electron chi connectivity index (χ0n) is 13.0. The molecule has 1 amide bonds. The lowest BCUT2D eigenvalue weighted by Gasteiger charge is -2.39. The van der Waals surface area contributed by atoms with E-state index in [-0.39, 0.29) is 5.91 Å². The maximum Gasteiger partial charge on any atom is 0.256 e. The summed E-state index contributed by atoms with van der Waals surface area (Å²) < 4.78 is 13.2. The van der Waals surface area contributed by atoms with Gasteiger partial charge in [-0.25, -0.2) is 4.39 Å². The average Bonchev–Trinajstić information content (AvgIpc) is 2.87. The highest BCUT2D eigenvalue weighted by Crippen LogP contribution is 2.40. The summed E-state index contributed by atoms with van der Waals surface area (Å²) in [6, 6.07) is 5.63. The predicted molar refractivity (Wildman–Crippen MR) is 81.7 cm³/mol. The Morgan fingerprint density at radius 2 is 1.95 bits per heavy atom. The molecule has 1 atom stereocenters. The summed E-state index contributed by atoms with van der Waals surface area (Å²) in [4.78, 5) is 16.5. The SMILES string of the molecule is CN1CCC2(CCN(C(=O)[C@@H](O)c3cccc(F)c3)CC2)C1. The van der Waals surface area contributed by atoms with Crippen molar-refractivity contribution in [3.05, 3.63) is 35.6 Å². The summed E-state index contributed by atoms with van der Waals surface area (Å²) in [5.41, 5.74) is 0.667. The van der Waals surface area contributed by atoms with Crippen molar-refractivity contribution in [2.75, 3.05) is 33.2 Å². The van der Waals surface area contributed by atoms with Crippen molar-refractivity contribution in [3.8, 4) is 0 Å². The fourth-order valence-corrected chi connectivity index (χ4v) is 3.76. The summed E-state index contributed by atoms with van der Waals surface area (Å²) in [6.07, 6.45) is 1.89. The van der Waals surface area contributed by atoms with Gasteiger partial charge in [0.1, 0.15) is 5.82 Å². The monoisotopic (exact) mass is 306 g/mol. The molecule has 1 spiro atoms. The van der Waals surface area contributed by atoms with Crippen LogP contribution in [-0.4, -0.2) is 54.0 Å². The van der Waals surface area contributed by atoms with Crippen molar-refractivity contribution in [2.24, 2.45) is 5.41 Å². The van der Waals surface area contributed by atoms with Crippen molar-refractivity contribution < 1.29 is 14.3 Å². The van der Waals surface area contributed by atoms with Crippen LogP contribution in [0.2, 0.25) is 0 Å². The molecule has 1 N–H and O–H groups in total. The molecule has 22 heavy (non-hydrogen) atoms. The molecule has 1 aromatic rings. The number of benzene rings is 1. The summed E-state index contributed by atoms with van der Waals surface area (Å²) >= 11 is 0. The Labute approximate surface area is 130 Å². The first kappa shape index (κ1) is 15.4. The molecule has 3 rings (SSSR count). The number of amides is 1. The number of rotatable bonds is 2. The highest BCUT2D eigenvalue weighted by molar-refractivity contribution is 5.82. The van der Waals surface area contributed by atoms with Crippen LogP contribution in [0.15, 0.2) is 24.3 Å². The van der Waals surface area contributed by atoms with Gasteiger partial charge in [0.15, 0.2) is 6.10 Å². The van der Waals surface area contributed by atoms with E-state index in [9.17, 15) is 14.3 Å². The fourth-order valence-electron chi connectivity index (χ4n) is 3.76. The van der Waals surface area contributed by atoms with Crippen LogP contribution < -0.4 is 0 Å². The largest absolute Gasteiger partial charge is 0.378 e. The molecule has 0 aromatic heterocycles. The number of likely N-dealkylation sites (tertiary alicyclic amines) is 2. The second-order valence-electron chi connectivity index (χ2n) is 6.77. The third-order valence-corrected chi connectivity index (χ3v) is 5.16. The van der Waals surface area contributed by atoms with E-state index in [1.807, 2.05) is 0 Å². The van der Waals surface area contributed by atoms with Crippen molar-refractivity contribution in [1.82, 2.24) is 9.80 Å². The quantitative estimate of drug-likeness (QED) is 0.906. The van der Waals surface area contributed by atoms with Crippen LogP contribution in [0.25, 0.3) is 0 Å². The van der Waals surface area contributed by atoms with E-state index in [0.717, 1.165) is 25.9 Å². The van der Waals surface area contributed by atoms with Crippen molar-refractivity contribution in [2.45, 2.75) is 25.4 Å². The molecule has 120 valence electrons. The van der Waals surface area contributed by atoms with Crippen molar-refractivity contribution >= 4 is 5.91 Å². The van der Waals surface area contributed by atoms with Gasteiger partial charge in [-0.3, -0.25) is 4.79 Å². The zero-order valence-corrected chi connectivity index (χ0v) is 13.0. The Hall–Kier alpha value is -1.46. The molecule has 2 fully saturated rings. The van der Waals surface area contributed by atoms with Gasteiger partial charge in [-0.1, -0.05) is 12.1 Å². The van der Waals surface area contributed by atoms with E-state index in [1.54, 1.807) is 11.0 Å². The normalized spacial score (nSPS) is 23.0. The lowest BCUT2D eigenvalue weighted by Crippen LogP contribution is -2.45. The van der Waals surface area contributed by atoms with Gasteiger partial charge in [-0.05, 0) is 56.0 Å². The molecule has 0 radical (unpaired) electrons. The smallest absolute Gasteiger partial charge is 0.256 e. The number of aliphatic hydroxyl groups is 1. The number of piperidine rings is 1. The number of hydrogen-bond acceptors (Lipinski definition) is 3. The third-order valence-electron chi connectivity index (χ3n) is 5.16. The maximum absolute atomic E-state index is 13.2. The van der Waals surface area contributed by atoms with Gasteiger partial charge in [-0.15, -0.1) is 0 Å². The number of carbonyl (C=O) groups is 1. The Morgan fingerprint density at radius 3 is 2.55 bits per heavy atom. The minimum atomic E-state index is -1.27. The number of hydrogen-bond donors (Lipinski definition) is 1. The van der Waals surface area contributed by atoms with Crippen LogP contribution in [-0.2, 0) is 4.79 Å². The molecule has 0 unspecified atom stereocenters. The predicted octanol–water partition coefficient (Wildman–Crippen LogP) is 1.80. The molecule has 1 aromatic carbocycles. The van der Waals surface area contributed by atoms with Crippen LogP contribution in [0.5, 0.6) is 0 Å². The van der Waals surface area contributed by atoms with Crippen LogP contribution in [0, 0.1) is 11.2 Å². The maximum atomic E-state index is 13.2. The molecule has 4 nitrogen and oxygen atoms in total. The Kier molecular flexibility index (Phi) is 4.19. The minimum Gasteiger partial charge on any atom is -0.378 e. The lowest BCUT2D eigenvalue weighted by atomic mass is 9.77. The van der Waals surface area contributed by atoms with Crippen LogP contribution in [0.1, 0.15) is 30.9 Å². The molecular formula is C17H23FN2O2. The fraction of sp³-hybridized carbons (Fsp3) is 0.588. The van der Waals surface area contributed by atoms with Gasteiger partial charge in [0, 0.05) is 19.6 Å². The topological polar surface area (TPSA) is 43.8 Å². The number of aliphatic hydroxyl groups excluding tert-OH is 1. The van der Waals surface area contributed by atoms with Crippen LogP contribution >= 0.6 is 0 Å². The molecule has 0 saturated carbocycles. The van der Waals surface area contributed by atoms with E-state index in [0.29, 0.717) is 24.1 Å². The second-order valence-corrected chi connectivity index (χ2v) is 6.77. The van der Waals surface area contributed by atoms with E-state index in [1.165, 1.54) is 24.6 Å². The van der Waals surface area contributed by atoms with Gasteiger partial charge in [0.2, 0.25) is 0 Å². The van der Waals surface area contributed by atoms with Crippen LogP contribution in [0.3, 0.4) is 0 Å². The third kappa shape index (κ3) is 3.01. The summed E-state index contributed by atoms with van der Waals surface area (Å²) in [7, 11) is 2.14. The Balaban J connectivity index is 1.62. The van der Waals surface area contributed by atoms with E-state index in [4.69, 9.17) is 0 Å². The standard InChI is InChI=1S/C17H23FN2O2/c1-19-8-5-17(12-19)6-9-20(10-7-17)16(22)15(21)13-3-2-4-14(18)11-13/h2-4,11,15,21H,5-10,12H2,1H3/t15-/m0/s1. The first-order valence-corrected chi connectivity index (χ1v) is 7.90. The zero-order chi connectivity index (χ0) is 15.7. The van der Waals surface area contributed by atoms with Gasteiger partial charge < -0.3 is 14.9 Å². The molecule has 5 heteroatoms. The highest BCUT2D eigenvalue weighted by Gasteiger charge is 2.40. The molecule has 0 aliphatic carbocycles. The van der Waals surface area contributed by atoms with Gasteiger partial charge in [0.05, 0.1) is 0 Å².